The maximum Gasteiger partial charge on any atom is 0.379 e. The second kappa shape index (κ2) is 8.91. The number of hydrogen-bond donors (Lipinski definition) is 0. The molecule has 0 saturated heterocycles. The highest BCUT2D eigenvalue weighted by atomic mass is 35.5. The van der Waals surface area contributed by atoms with Gasteiger partial charge in [0.2, 0.25) is 0 Å². The van der Waals surface area contributed by atoms with E-state index in [1.54, 1.807) is 0 Å². The Morgan fingerprint density at radius 1 is 1.17 bits per heavy atom. The molecule has 0 spiro atoms. The topological polar surface area (TPSA) is 0 Å². The normalized spacial score (nSPS) is 7.00. The summed E-state index contributed by atoms with van der Waals surface area (Å²) in [6, 6.07) is 0. The molecule has 4 heteroatoms. The van der Waals surface area contributed by atoms with Crippen molar-refractivity contribution in [3.05, 3.63) is 0 Å². The molecule has 0 nitrogen and oxygen atoms in total. The first-order valence-corrected chi connectivity index (χ1v) is 1.79. The lowest BCUT2D eigenvalue weighted by molar-refractivity contribution is 0.00819. The molecule has 0 aliphatic heterocycles. The predicted octanol–water partition coefficient (Wildman–Crippen LogP) is 2.03. The number of alkyl halides is 4. The zero-order valence-corrected chi connectivity index (χ0v) is 3.85. The van der Waals surface area contributed by atoms with Gasteiger partial charge in [0, 0.05) is 6.38 Å². The molecule has 0 amide bonds. The summed E-state index contributed by atoms with van der Waals surface area (Å²) >= 11 is 4.64. The van der Waals surface area contributed by atoms with E-state index in [0.29, 0.717) is 0 Å². The van der Waals surface area contributed by atoms with Crippen LogP contribution in [0.3, 0.4) is 0 Å². The Hall–Kier alpha value is 0.0800. The van der Waals surface area contributed by atoms with E-state index in [1.807, 2.05) is 0 Å². The molecule has 40 valence electrons. The molecular weight excluding hydrogens is 116 g/mol. The molecular formula is C2H4ClF3. The number of rotatable bonds is 0. The smallest absolute Gasteiger partial charge is 0.174 e. The van der Waals surface area contributed by atoms with Crippen molar-refractivity contribution in [2.24, 2.45) is 0 Å². The molecule has 0 aromatic heterocycles. The van der Waals surface area contributed by atoms with Crippen molar-refractivity contribution in [3.8, 4) is 0 Å². The molecule has 0 bridgehead atoms. The lowest BCUT2D eigenvalue weighted by Gasteiger charge is -1.65. The van der Waals surface area contributed by atoms with Crippen LogP contribution >= 0.6 is 11.6 Å². The van der Waals surface area contributed by atoms with Gasteiger partial charge < -0.3 is 0 Å². The molecule has 0 radical (unpaired) electrons. The highest BCUT2D eigenvalue weighted by Gasteiger charge is 1.86. The van der Waals surface area contributed by atoms with E-state index in [1.165, 1.54) is 6.38 Å². The molecule has 0 fully saturated rings. The van der Waals surface area contributed by atoms with Crippen LogP contribution in [0, 0.1) is 0 Å². The Morgan fingerprint density at radius 3 is 1.17 bits per heavy atom. The van der Waals surface area contributed by atoms with E-state index in [-0.39, 0.29) is 0 Å². The van der Waals surface area contributed by atoms with Crippen LogP contribution in [0.5, 0.6) is 0 Å². The van der Waals surface area contributed by atoms with Crippen LogP contribution in [-0.4, -0.2) is 13.1 Å². The summed E-state index contributed by atoms with van der Waals surface area (Å²) in [7, 11) is 0. The first-order chi connectivity index (χ1) is 2.73. The average molecular weight is 121 g/mol. The van der Waals surface area contributed by atoms with Gasteiger partial charge in [-0.25, -0.2) is 0 Å². The minimum Gasteiger partial charge on any atom is -0.174 e. The Morgan fingerprint density at radius 2 is 1.17 bits per heavy atom. The zero-order valence-electron chi connectivity index (χ0n) is 3.09. The fourth-order valence-electron chi connectivity index (χ4n) is 0. The van der Waals surface area contributed by atoms with Crippen LogP contribution in [-0.2, 0) is 0 Å². The van der Waals surface area contributed by atoms with Gasteiger partial charge in [0.15, 0.2) is 0 Å². The minimum absolute atomic E-state index is 1.47. The lowest BCUT2D eigenvalue weighted by Crippen LogP contribution is -1.65. The van der Waals surface area contributed by atoms with E-state index in [0.717, 1.165) is 0 Å². The summed E-state index contributed by atoms with van der Waals surface area (Å²) < 4.78 is 29.0. The van der Waals surface area contributed by atoms with Crippen molar-refractivity contribution < 1.29 is 13.2 Å². The Labute approximate surface area is 38.9 Å². The first-order valence-electron chi connectivity index (χ1n) is 1.03. The SMILES string of the molecule is CCl.FC(F)F. The number of halogens is 4. The van der Waals surface area contributed by atoms with E-state index in [4.69, 9.17) is 0 Å². The monoisotopic (exact) mass is 120 g/mol. The van der Waals surface area contributed by atoms with Gasteiger partial charge in [-0.05, 0) is 0 Å². The van der Waals surface area contributed by atoms with Crippen LogP contribution in [0.15, 0.2) is 0 Å². The van der Waals surface area contributed by atoms with Gasteiger partial charge in [-0.15, -0.1) is 11.6 Å². The second-order valence-electron chi connectivity index (χ2n) is 0.247. The third kappa shape index (κ3) is 6050. The van der Waals surface area contributed by atoms with E-state index >= 15 is 0 Å². The Bertz CT molecular complexity index is 13.5. The summed E-state index contributed by atoms with van der Waals surface area (Å²) in [5, 5.41) is 0. The molecule has 0 N–H and O–H groups in total. The maximum atomic E-state index is 9.67. The summed E-state index contributed by atoms with van der Waals surface area (Å²) in [4.78, 5) is 0. The second-order valence-corrected chi connectivity index (χ2v) is 0.247. The predicted molar refractivity (Wildman–Crippen MR) is 18.9 cm³/mol. The Kier molecular flexibility index (Phi) is 14.0. The van der Waals surface area contributed by atoms with Gasteiger partial charge in [-0.2, -0.15) is 13.2 Å². The molecule has 0 heterocycles. The molecule has 0 rings (SSSR count). The van der Waals surface area contributed by atoms with Crippen LogP contribution in [0.2, 0.25) is 0 Å². The maximum absolute atomic E-state index is 9.67. The summed E-state index contributed by atoms with van der Waals surface area (Å²) in [6.07, 6.45) is 1.47. The van der Waals surface area contributed by atoms with E-state index in [2.05, 4.69) is 11.6 Å². The fraction of sp³-hybridized carbons (Fsp3) is 1.00. The molecule has 0 unspecified atom stereocenters. The molecule has 0 aliphatic rings. The standard InChI is InChI=1S/CH3Cl.CHF3/c1-2;2-1(3)4/h1H3;1H. The third-order valence-electron chi connectivity index (χ3n) is 0. The molecule has 0 aromatic rings. The van der Waals surface area contributed by atoms with Crippen LogP contribution in [0.1, 0.15) is 0 Å². The first kappa shape index (κ1) is 9.43. The molecule has 0 saturated carbocycles. The lowest BCUT2D eigenvalue weighted by atomic mass is 11.6. The van der Waals surface area contributed by atoms with Gasteiger partial charge in [0.1, 0.15) is 0 Å². The summed E-state index contributed by atoms with van der Waals surface area (Å²) in [5.41, 5.74) is 0. The van der Waals surface area contributed by atoms with E-state index < -0.39 is 6.68 Å². The van der Waals surface area contributed by atoms with Gasteiger partial charge in [0.25, 0.3) is 0 Å². The van der Waals surface area contributed by atoms with Crippen LogP contribution in [0.25, 0.3) is 0 Å². The van der Waals surface area contributed by atoms with Gasteiger partial charge in [-0.1, -0.05) is 0 Å². The van der Waals surface area contributed by atoms with Gasteiger partial charge in [-0.3, -0.25) is 0 Å². The highest BCUT2D eigenvalue weighted by molar-refractivity contribution is 6.15. The largest absolute Gasteiger partial charge is 0.379 e. The van der Waals surface area contributed by atoms with Crippen LogP contribution < -0.4 is 0 Å². The van der Waals surface area contributed by atoms with Gasteiger partial charge >= 0.3 is 6.68 Å². The Balaban J connectivity index is 0. The van der Waals surface area contributed by atoms with Crippen molar-refractivity contribution in [1.82, 2.24) is 0 Å². The van der Waals surface area contributed by atoms with Crippen molar-refractivity contribution >= 4 is 11.6 Å². The van der Waals surface area contributed by atoms with Crippen molar-refractivity contribution in [1.29, 1.82) is 0 Å². The minimum atomic E-state index is -3.67. The highest BCUT2D eigenvalue weighted by Crippen LogP contribution is 1.87. The molecule has 0 aliphatic carbocycles. The fourth-order valence-corrected chi connectivity index (χ4v) is 0. The quantitative estimate of drug-likeness (QED) is 0.429. The zero-order chi connectivity index (χ0) is 5.58. The van der Waals surface area contributed by atoms with Crippen molar-refractivity contribution in [2.45, 2.75) is 6.68 Å². The van der Waals surface area contributed by atoms with Gasteiger partial charge in [0.05, 0.1) is 0 Å². The van der Waals surface area contributed by atoms with Crippen molar-refractivity contribution in [3.63, 3.8) is 0 Å². The molecule has 6 heavy (non-hydrogen) atoms. The van der Waals surface area contributed by atoms with Crippen LogP contribution in [0.4, 0.5) is 13.2 Å². The summed E-state index contributed by atoms with van der Waals surface area (Å²) in [6.45, 7) is -3.67. The van der Waals surface area contributed by atoms with Crippen molar-refractivity contribution in [2.75, 3.05) is 6.38 Å². The summed E-state index contributed by atoms with van der Waals surface area (Å²) in [5.74, 6) is 0. The molecule has 0 atom stereocenters. The molecule has 0 aromatic carbocycles. The van der Waals surface area contributed by atoms with E-state index in [9.17, 15) is 13.2 Å². The number of hydrogen-bond acceptors (Lipinski definition) is 0. The average Bonchev–Trinajstić information content (AvgIpc) is 1.41. The third-order valence-corrected chi connectivity index (χ3v) is 0.